The number of aryl methyl sites for hydroxylation is 1. The fourth-order valence-electron chi connectivity index (χ4n) is 1.76. The maximum Gasteiger partial charge on any atom is 0.324 e. The maximum absolute atomic E-state index is 12.0. The van der Waals surface area contributed by atoms with E-state index >= 15 is 0 Å². The van der Waals surface area contributed by atoms with Gasteiger partial charge in [-0.25, -0.2) is 0 Å². The summed E-state index contributed by atoms with van der Waals surface area (Å²) in [6.45, 7) is 0. The molecule has 104 valence electrons. The Labute approximate surface area is 125 Å². The van der Waals surface area contributed by atoms with Gasteiger partial charge in [0, 0.05) is 27.8 Å². The first kappa shape index (κ1) is 14.7. The monoisotopic (exact) mass is 307 g/mol. The number of Topliss-reactive ketones (excluding diaryl/α,β-unsaturated/α-hetero) is 1. The minimum atomic E-state index is -0.406. The quantitative estimate of drug-likeness (QED) is 0.347. The zero-order valence-corrected chi connectivity index (χ0v) is 12.5. The summed E-state index contributed by atoms with van der Waals surface area (Å²) in [5.41, 5.74) is 0.689. The minimum absolute atomic E-state index is 0.0636. The number of carbonyl (C=O) groups excluding carboxylic acids is 1. The summed E-state index contributed by atoms with van der Waals surface area (Å²) in [6.07, 6.45) is 2.90. The zero-order chi connectivity index (χ0) is 14.5. The molecule has 0 atom stereocenters. The number of benzene rings is 1. The van der Waals surface area contributed by atoms with Gasteiger partial charge in [0.2, 0.25) is 0 Å². The van der Waals surface area contributed by atoms with Crippen molar-refractivity contribution in [2.24, 2.45) is 0 Å². The average molecular weight is 307 g/mol. The Morgan fingerprint density at radius 3 is 2.50 bits per heavy atom. The van der Waals surface area contributed by atoms with Crippen LogP contribution in [-0.2, 0) is 6.42 Å². The number of hydrogen-bond acceptors (Lipinski definition) is 5. The molecule has 0 N–H and O–H groups in total. The van der Waals surface area contributed by atoms with E-state index in [1.807, 2.05) is 30.5 Å². The molecule has 0 saturated heterocycles. The summed E-state index contributed by atoms with van der Waals surface area (Å²) in [6, 6.07) is 10.7. The Kier molecular flexibility index (Phi) is 4.92. The van der Waals surface area contributed by atoms with E-state index in [0.29, 0.717) is 18.4 Å². The van der Waals surface area contributed by atoms with Crippen molar-refractivity contribution in [1.29, 1.82) is 0 Å². The molecule has 0 aliphatic rings. The van der Waals surface area contributed by atoms with Crippen LogP contribution in [0.5, 0.6) is 0 Å². The summed E-state index contributed by atoms with van der Waals surface area (Å²) in [7, 11) is 0. The van der Waals surface area contributed by atoms with Crippen molar-refractivity contribution in [3.63, 3.8) is 0 Å². The number of thioether (sulfide) groups is 1. The number of hydrogen-bond donors (Lipinski definition) is 0. The van der Waals surface area contributed by atoms with Gasteiger partial charge in [-0.2, -0.15) is 0 Å². The molecule has 1 aromatic carbocycles. The third kappa shape index (κ3) is 3.68. The Morgan fingerprint density at radius 2 is 1.95 bits per heavy atom. The highest BCUT2D eigenvalue weighted by Gasteiger charge is 2.11. The van der Waals surface area contributed by atoms with E-state index in [4.69, 9.17) is 0 Å². The molecule has 0 fully saturated rings. The Morgan fingerprint density at radius 1 is 1.25 bits per heavy atom. The number of nitrogens with zero attached hydrogens (tertiary/aromatic N) is 1. The van der Waals surface area contributed by atoms with Crippen LogP contribution in [0.2, 0.25) is 0 Å². The molecule has 2 rings (SSSR count). The van der Waals surface area contributed by atoms with E-state index in [9.17, 15) is 14.9 Å². The Balaban J connectivity index is 1.95. The van der Waals surface area contributed by atoms with Crippen molar-refractivity contribution >= 4 is 33.9 Å². The largest absolute Gasteiger partial charge is 0.324 e. The van der Waals surface area contributed by atoms with E-state index in [1.54, 1.807) is 17.8 Å². The fourth-order valence-corrected chi connectivity index (χ4v) is 2.98. The van der Waals surface area contributed by atoms with Crippen LogP contribution in [0.4, 0.5) is 5.00 Å². The van der Waals surface area contributed by atoms with E-state index in [-0.39, 0.29) is 10.8 Å². The number of nitro groups is 1. The normalized spacial score (nSPS) is 10.4. The standard InChI is InChI=1S/C14H13NO3S2/c1-19-11-4-2-10(3-5-11)13(16)8-6-12-7-9-14(20-12)15(17)18/h2-5,7,9H,6,8H2,1H3. The zero-order valence-electron chi connectivity index (χ0n) is 10.9. The second-order valence-corrected chi connectivity index (χ2v) is 6.18. The molecule has 0 spiro atoms. The molecule has 1 heterocycles. The molecular weight excluding hydrogens is 294 g/mol. The van der Waals surface area contributed by atoms with Crippen molar-refractivity contribution in [3.05, 3.63) is 57.0 Å². The highest BCUT2D eigenvalue weighted by molar-refractivity contribution is 7.98. The highest BCUT2D eigenvalue weighted by Crippen LogP contribution is 2.25. The summed E-state index contributed by atoms with van der Waals surface area (Å²) in [5, 5.41) is 10.7. The first-order valence-electron chi connectivity index (χ1n) is 6.00. The maximum atomic E-state index is 12.0. The van der Waals surface area contributed by atoms with Crippen molar-refractivity contribution in [3.8, 4) is 0 Å². The van der Waals surface area contributed by atoms with Gasteiger partial charge in [-0.15, -0.1) is 11.8 Å². The summed E-state index contributed by atoms with van der Waals surface area (Å²) in [5.74, 6) is 0.0636. The molecule has 2 aromatic rings. The first-order valence-corrected chi connectivity index (χ1v) is 8.04. The average Bonchev–Trinajstić information content (AvgIpc) is 2.94. The van der Waals surface area contributed by atoms with Crippen LogP contribution in [0.25, 0.3) is 0 Å². The Bertz CT molecular complexity index is 620. The number of rotatable bonds is 6. The molecule has 0 aliphatic carbocycles. The van der Waals surface area contributed by atoms with Crippen molar-refractivity contribution in [2.45, 2.75) is 17.7 Å². The van der Waals surface area contributed by atoms with Crippen LogP contribution >= 0.6 is 23.1 Å². The fraction of sp³-hybridized carbons (Fsp3) is 0.214. The summed E-state index contributed by atoms with van der Waals surface area (Å²) >= 11 is 2.76. The molecular formula is C14H13NO3S2. The van der Waals surface area contributed by atoms with Gasteiger partial charge in [0.1, 0.15) is 0 Å². The van der Waals surface area contributed by atoms with E-state index in [2.05, 4.69) is 0 Å². The van der Waals surface area contributed by atoms with Crippen molar-refractivity contribution < 1.29 is 9.72 Å². The lowest BCUT2D eigenvalue weighted by Crippen LogP contribution is -2.00. The second kappa shape index (κ2) is 6.67. The molecule has 0 bridgehead atoms. The minimum Gasteiger partial charge on any atom is -0.294 e. The van der Waals surface area contributed by atoms with Crippen LogP contribution in [-0.4, -0.2) is 17.0 Å². The van der Waals surface area contributed by atoms with Gasteiger partial charge in [-0.05, 0) is 30.9 Å². The topological polar surface area (TPSA) is 60.2 Å². The second-order valence-electron chi connectivity index (χ2n) is 4.15. The SMILES string of the molecule is CSc1ccc(C(=O)CCc2ccc([N+](=O)[O-])s2)cc1. The molecule has 0 saturated carbocycles. The van der Waals surface area contributed by atoms with E-state index < -0.39 is 4.92 Å². The molecule has 4 nitrogen and oxygen atoms in total. The lowest BCUT2D eigenvalue weighted by molar-refractivity contribution is -0.380. The Hall–Kier alpha value is -1.66. The van der Waals surface area contributed by atoms with Gasteiger partial charge in [-0.3, -0.25) is 14.9 Å². The van der Waals surface area contributed by atoms with Gasteiger partial charge in [0.25, 0.3) is 0 Å². The van der Waals surface area contributed by atoms with E-state index in [0.717, 1.165) is 21.1 Å². The molecule has 6 heteroatoms. The number of carbonyl (C=O) groups is 1. The van der Waals surface area contributed by atoms with Gasteiger partial charge in [0.05, 0.1) is 4.92 Å². The van der Waals surface area contributed by atoms with Crippen LogP contribution in [0, 0.1) is 10.1 Å². The van der Waals surface area contributed by atoms with Crippen LogP contribution in [0.3, 0.4) is 0 Å². The molecule has 0 radical (unpaired) electrons. The van der Waals surface area contributed by atoms with Gasteiger partial charge in [0.15, 0.2) is 5.78 Å². The van der Waals surface area contributed by atoms with Crippen LogP contribution in [0.15, 0.2) is 41.3 Å². The lowest BCUT2D eigenvalue weighted by Gasteiger charge is -2.01. The summed E-state index contributed by atoms with van der Waals surface area (Å²) < 4.78 is 0. The first-order chi connectivity index (χ1) is 9.60. The summed E-state index contributed by atoms with van der Waals surface area (Å²) in [4.78, 5) is 24.2. The predicted molar refractivity (Wildman–Crippen MR) is 81.8 cm³/mol. The predicted octanol–water partition coefficient (Wildman–Crippen LogP) is 4.19. The number of thiophene rings is 1. The van der Waals surface area contributed by atoms with Crippen LogP contribution in [0.1, 0.15) is 21.7 Å². The smallest absolute Gasteiger partial charge is 0.294 e. The molecule has 0 unspecified atom stereocenters. The van der Waals surface area contributed by atoms with Crippen molar-refractivity contribution in [2.75, 3.05) is 6.26 Å². The van der Waals surface area contributed by atoms with E-state index in [1.165, 1.54) is 6.07 Å². The van der Waals surface area contributed by atoms with Gasteiger partial charge < -0.3 is 0 Å². The number of ketones is 1. The molecule has 20 heavy (non-hydrogen) atoms. The third-order valence-corrected chi connectivity index (χ3v) is 4.68. The highest BCUT2D eigenvalue weighted by atomic mass is 32.2. The van der Waals surface area contributed by atoms with Gasteiger partial charge >= 0.3 is 5.00 Å². The molecule has 0 amide bonds. The van der Waals surface area contributed by atoms with Crippen LogP contribution < -0.4 is 0 Å². The van der Waals surface area contributed by atoms with Gasteiger partial charge in [-0.1, -0.05) is 23.5 Å². The molecule has 0 aliphatic heterocycles. The third-order valence-electron chi connectivity index (χ3n) is 2.84. The molecule has 1 aromatic heterocycles. The van der Waals surface area contributed by atoms with Crippen molar-refractivity contribution in [1.82, 2.24) is 0 Å². The lowest BCUT2D eigenvalue weighted by atomic mass is 10.1.